The second-order valence-corrected chi connectivity index (χ2v) is 6.05. The summed E-state index contributed by atoms with van der Waals surface area (Å²) >= 11 is 1.24. The Morgan fingerprint density at radius 1 is 0.880 bits per heavy atom. The maximum absolute atomic E-state index is 12.7. The zero-order chi connectivity index (χ0) is 17.5. The number of ketones is 1. The van der Waals surface area contributed by atoms with Gasteiger partial charge in [-0.2, -0.15) is 0 Å². The van der Waals surface area contributed by atoms with Crippen molar-refractivity contribution < 1.29 is 9.59 Å². The van der Waals surface area contributed by atoms with E-state index < -0.39 is 0 Å². The molecule has 3 aromatic rings. The highest BCUT2D eigenvalue weighted by molar-refractivity contribution is 7.99. The molecule has 0 saturated carbocycles. The average molecular weight is 349 g/mol. The third kappa shape index (κ3) is 4.51. The zero-order valence-electron chi connectivity index (χ0n) is 13.3. The summed E-state index contributed by atoms with van der Waals surface area (Å²) in [6, 6.07) is 17.7. The van der Waals surface area contributed by atoms with E-state index in [9.17, 15) is 9.59 Å². The first-order valence-corrected chi connectivity index (χ1v) is 8.61. The Bertz CT molecular complexity index is 870. The molecule has 3 rings (SSSR count). The van der Waals surface area contributed by atoms with Gasteiger partial charge in [-0.3, -0.25) is 9.59 Å². The molecule has 0 fully saturated rings. The van der Waals surface area contributed by atoms with E-state index in [4.69, 9.17) is 0 Å². The van der Waals surface area contributed by atoms with Crippen LogP contribution < -0.4 is 5.32 Å². The first-order chi connectivity index (χ1) is 12.2. The number of nitrogens with one attached hydrogen (secondary N) is 1. The van der Waals surface area contributed by atoms with Crippen molar-refractivity contribution in [2.45, 2.75) is 5.16 Å². The molecular formula is C19H15N3O2S. The molecule has 0 radical (unpaired) electrons. The first kappa shape index (κ1) is 16.9. The molecule has 0 aliphatic rings. The van der Waals surface area contributed by atoms with E-state index in [1.807, 2.05) is 18.2 Å². The molecule has 6 heteroatoms. The lowest BCUT2D eigenvalue weighted by molar-refractivity contribution is -0.113. The molecule has 0 aliphatic heterocycles. The zero-order valence-corrected chi connectivity index (χ0v) is 14.1. The van der Waals surface area contributed by atoms with E-state index in [1.165, 1.54) is 11.8 Å². The van der Waals surface area contributed by atoms with E-state index in [0.717, 1.165) is 0 Å². The minimum Gasteiger partial charge on any atom is -0.325 e. The molecule has 1 amide bonds. The lowest BCUT2D eigenvalue weighted by Crippen LogP contribution is -2.17. The molecule has 1 heterocycles. The lowest BCUT2D eigenvalue weighted by Gasteiger charge is -2.10. The maximum Gasteiger partial charge on any atom is 0.234 e. The summed E-state index contributed by atoms with van der Waals surface area (Å²) < 4.78 is 0. The van der Waals surface area contributed by atoms with Gasteiger partial charge in [-0.15, -0.1) is 0 Å². The summed E-state index contributed by atoms with van der Waals surface area (Å²) in [5.74, 6) is -0.181. The summed E-state index contributed by atoms with van der Waals surface area (Å²) in [6.07, 6.45) is 3.25. The number of anilines is 1. The van der Waals surface area contributed by atoms with E-state index in [0.29, 0.717) is 22.0 Å². The van der Waals surface area contributed by atoms with E-state index in [2.05, 4.69) is 15.3 Å². The summed E-state index contributed by atoms with van der Waals surface area (Å²) in [4.78, 5) is 33.0. The lowest BCUT2D eigenvalue weighted by atomic mass is 10.0. The SMILES string of the molecule is O=C(CSc1ncccn1)Nc1ccccc1C(=O)c1ccccc1. The molecule has 0 spiro atoms. The Kier molecular flexibility index (Phi) is 5.53. The molecule has 0 unspecified atom stereocenters. The number of aromatic nitrogens is 2. The van der Waals surface area contributed by atoms with Gasteiger partial charge in [0.25, 0.3) is 0 Å². The van der Waals surface area contributed by atoms with Gasteiger partial charge in [-0.1, -0.05) is 54.2 Å². The number of para-hydroxylation sites is 1. The van der Waals surface area contributed by atoms with E-state index in [1.54, 1.807) is 54.9 Å². The van der Waals surface area contributed by atoms with Crippen molar-refractivity contribution in [3.05, 3.63) is 84.2 Å². The van der Waals surface area contributed by atoms with Crippen LogP contribution in [0.4, 0.5) is 5.69 Å². The Morgan fingerprint density at radius 3 is 2.32 bits per heavy atom. The summed E-state index contributed by atoms with van der Waals surface area (Å²) in [7, 11) is 0. The third-order valence-electron chi connectivity index (χ3n) is 3.36. The average Bonchev–Trinajstić information content (AvgIpc) is 2.68. The number of nitrogens with zero attached hydrogens (tertiary/aromatic N) is 2. The predicted molar refractivity (Wildman–Crippen MR) is 97.7 cm³/mol. The van der Waals surface area contributed by atoms with Crippen LogP contribution in [-0.4, -0.2) is 27.4 Å². The molecule has 25 heavy (non-hydrogen) atoms. The second kappa shape index (κ2) is 8.21. The van der Waals surface area contributed by atoms with Gasteiger partial charge >= 0.3 is 0 Å². The van der Waals surface area contributed by atoms with Gasteiger partial charge in [0.05, 0.1) is 11.4 Å². The van der Waals surface area contributed by atoms with Crippen LogP contribution in [0.2, 0.25) is 0 Å². The van der Waals surface area contributed by atoms with Crippen LogP contribution in [0.3, 0.4) is 0 Å². The molecule has 2 aromatic carbocycles. The van der Waals surface area contributed by atoms with Crippen LogP contribution in [0.15, 0.2) is 78.2 Å². The predicted octanol–water partition coefficient (Wildman–Crippen LogP) is 3.44. The van der Waals surface area contributed by atoms with Crippen LogP contribution in [-0.2, 0) is 4.79 Å². The monoisotopic (exact) mass is 349 g/mol. The second-order valence-electron chi connectivity index (χ2n) is 5.11. The highest BCUT2D eigenvalue weighted by atomic mass is 32.2. The van der Waals surface area contributed by atoms with Crippen molar-refractivity contribution in [2.24, 2.45) is 0 Å². The highest BCUT2D eigenvalue weighted by Gasteiger charge is 2.15. The molecule has 5 nitrogen and oxygen atoms in total. The number of carbonyl (C=O) groups is 2. The van der Waals surface area contributed by atoms with Gasteiger partial charge in [0.1, 0.15) is 0 Å². The van der Waals surface area contributed by atoms with Gasteiger partial charge in [0.15, 0.2) is 10.9 Å². The quantitative estimate of drug-likeness (QED) is 0.419. The largest absolute Gasteiger partial charge is 0.325 e. The fraction of sp³-hybridized carbons (Fsp3) is 0.0526. The van der Waals surface area contributed by atoms with Gasteiger partial charge in [-0.05, 0) is 18.2 Å². The normalized spacial score (nSPS) is 10.2. The van der Waals surface area contributed by atoms with Crippen LogP contribution in [0.5, 0.6) is 0 Å². The fourth-order valence-corrected chi connectivity index (χ4v) is 2.81. The van der Waals surface area contributed by atoms with Crippen LogP contribution >= 0.6 is 11.8 Å². The number of hydrogen-bond donors (Lipinski definition) is 1. The molecule has 124 valence electrons. The number of hydrogen-bond acceptors (Lipinski definition) is 5. The van der Waals surface area contributed by atoms with Crippen LogP contribution in [0.25, 0.3) is 0 Å². The third-order valence-corrected chi connectivity index (χ3v) is 4.23. The maximum atomic E-state index is 12.7. The smallest absolute Gasteiger partial charge is 0.234 e. The molecule has 0 bridgehead atoms. The van der Waals surface area contributed by atoms with Gasteiger partial charge in [0, 0.05) is 23.5 Å². The minimum atomic E-state index is -0.217. The van der Waals surface area contributed by atoms with Crippen molar-refractivity contribution >= 4 is 29.1 Å². The van der Waals surface area contributed by atoms with E-state index >= 15 is 0 Å². The Morgan fingerprint density at radius 2 is 1.56 bits per heavy atom. The van der Waals surface area contributed by atoms with Crippen molar-refractivity contribution in [3.63, 3.8) is 0 Å². The Balaban J connectivity index is 1.70. The molecule has 0 atom stereocenters. The summed E-state index contributed by atoms with van der Waals surface area (Å²) in [5, 5.41) is 3.33. The highest BCUT2D eigenvalue weighted by Crippen LogP contribution is 2.20. The number of rotatable bonds is 6. The fourth-order valence-electron chi connectivity index (χ4n) is 2.21. The Hall–Kier alpha value is -2.99. The first-order valence-electron chi connectivity index (χ1n) is 7.62. The molecule has 0 saturated heterocycles. The molecule has 1 N–H and O–H groups in total. The van der Waals surface area contributed by atoms with Crippen molar-refractivity contribution in [1.82, 2.24) is 9.97 Å². The molecule has 0 aliphatic carbocycles. The Labute approximate surface area is 149 Å². The van der Waals surface area contributed by atoms with Crippen molar-refractivity contribution in [3.8, 4) is 0 Å². The number of carbonyl (C=O) groups excluding carboxylic acids is 2. The number of benzene rings is 2. The summed E-state index contributed by atoms with van der Waals surface area (Å²) in [5.41, 5.74) is 1.54. The molecule has 1 aromatic heterocycles. The summed E-state index contributed by atoms with van der Waals surface area (Å²) in [6.45, 7) is 0. The van der Waals surface area contributed by atoms with Gasteiger partial charge in [-0.25, -0.2) is 9.97 Å². The minimum absolute atomic E-state index is 0.129. The van der Waals surface area contributed by atoms with E-state index in [-0.39, 0.29) is 17.4 Å². The topological polar surface area (TPSA) is 72.0 Å². The van der Waals surface area contributed by atoms with Crippen molar-refractivity contribution in [2.75, 3.05) is 11.1 Å². The van der Waals surface area contributed by atoms with Gasteiger partial charge in [0.2, 0.25) is 5.91 Å². The van der Waals surface area contributed by atoms with Crippen LogP contribution in [0.1, 0.15) is 15.9 Å². The van der Waals surface area contributed by atoms with Crippen molar-refractivity contribution in [1.29, 1.82) is 0 Å². The standard InChI is InChI=1S/C19H15N3O2S/c23-17(13-25-19-20-11-6-12-21-19)22-16-10-5-4-9-15(16)18(24)14-7-2-1-3-8-14/h1-12H,13H2,(H,22,23). The number of amides is 1. The molecular weight excluding hydrogens is 334 g/mol. The number of thioether (sulfide) groups is 1. The van der Waals surface area contributed by atoms with Crippen LogP contribution in [0, 0.1) is 0 Å². The van der Waals surface area contributed by atoms with Gasteiger partial charge < -0.3 is 5.32 Å².